The predicted molar refractivity (Wildman–Crippen MR) is 80.2 cm³/mol. The third kappa shape index (κ3) is 3.24. The molecule has 0 bridgehead atoms. The molecule has 1 aromatic heterocycles. The minimum atomic E-state index is 0.223. The highest BCUT2D eigenvalue weighted by molar-refractivity contribution is 9.10. The van der Waals surface area contributed by atoms with E-state index in [1.54, 1.807) is 6.20 Å². The molecule has 94 valence electrons. The lowest BCUT2D eigenvalue weighted by Gasteiger charge is -2.16. The monoisotopic (exact) mass is 324 g/mol. The van der Waals surface area contributed by atoms with Crippen molar-refractivity contribution < 1.29 is 0 Å². The van der Waals surface area contributed by atoms with Crippen molar-refractivity contribution in [3.05, 3.63) is 57.3 Å². The number of rotatable bonds is 3. The van der Waals surface area contributed by atoms with Gasteiger partial charge in [0, 0.05) is 10.5 Å². The zero-order chi connectivity index (χ0) is 13.1. The van der Waals surface area contributed by atoms with Gasteiger partial charge in [-0.3, -0.25) is 0 Å². The van der Waals surface area contributed by atoms with Crippen molar-refractivity contribution in [3.63, 3.8) is 0 Å². The van der Waals surface area contributed by atoms with Crippen LogP contribution in [0.4, 0.5) is 5.69 Å². The van der Waals surface area contributed by atoms with Crippen molar-refractivity contribution >= 4 is 33.2 Å². The van der Waals surface area contributed by atoms with E-state index in [0.717, 1.165) is 15.7 Å². The van der Waals surface area contributed by atoms with Crippen molar-refractivity contribution in [1.29, 1.82) is 0 Å². The average molecular weight is 326 g/mol. The van der Waals surface area contributed by atoms with E-state index in [4.69, 9.17) is 11.6 Å². The third-order valence-electron chi connectivity index (χ3n) is 2.77. The molecule has 1 heterocycles. The smallest absolute Gasteiger partial charge is 0.132 e. The van der Waals surface area contributed by atoms with Crippen LogP contribution in [0.3, 0.4) is 0 Å². The van der Waals surface area contributed by atoms with E-state index < -0.39 is 0 Å². The van der Waals surface area contributed by atoms with Crippen molar-refractivity contribution in [2.75, 3.05) is 5.32 Å². The summed E-state index contributed by atoms with van der Waals surface area (Å²) in [6.45, 7) is 4.07. The number of nitrogens with zero attached hydrogens (tertiary/aromatic N) is 1. The lowest BCUT2D eigenvalue weighted by Crippen LogP contribution is -2.06. The highest BCUT2D eigenvalue weighted by Gasteiger charge is 2.06. The standard InChI is InChI=1S/C14H14BrClN2/c1-9-7-13(8-17-14(9)16)18-10(2)11-3-5-12(15)6-4-11/h3-8,10,18H,1-2H3. The molecule has 4 heteroatoms. The van der Waals surface area contributed by atoms with E-state index in [2.05, 4.69) is 45.3 Å². The summed E-state index contributed by atoms with van der Waals surface area (Å²) < 4.78 is 1.09. The second-order valence-corrected chi connectivity index (χ2v) is 5.52. The molecule has 1 aromatic carbocycles. The molecule has 2 nitrogen and oxygen atoms in total. The van der Waals surface area contributed by atoms with Gasteiger partial charge in [-0.1, -0.05) is 39.7 Å². The molecule has 0 amide bonds. The maximum absolute atomic E-state index is 5.91. The quantitative estimate of drug-likeness (QED) is 0.805. The number of nitrogens with one attached hydrogen (secondary N) is 1. The zero-order valence-corrected chi connectivity index (χ0v) is 12.6. The molecule has 0 aliphatic carbocycles. The van der Waals surface area contributed by atoms with E-state index in [-0.39, 0.29) is 6.04 Å². The number of benzene rings is 1. The number of anilines is 1. The minimum absolute atomic E-state index is 0.223. The average Bonchev–Trinajstić information content (AvgIpc) is 2.34. The normalized spacial score (nSPS) is 12.2. The fourth-order valence-electron chi connectivity index (χ4n) is 1.72. The zero-order valence-electron chi connectivity index (χ0n) is 10.2. The van der Waals surface area contributed by atoms with Crippen LogP contribution in [0.25, 0.3) is 0 Å². The Bertz CT molecular complexity index is 540. The van der Waals surface area contributed by atoms with Gasteiger partial charge in [-0.2, -0.15) is 0 Å². The van der Waals surface area contributed by atoms with E-state index in [0.29, 0.717) is 5.15 Å². The number of aryl methyl sites for hydroxylation is 1. The van der Waals surface area contributed by atoms with Gasteiger partial charge >= 0.3 is 0 Å². The van der Waals surface area contributed by atoms with Gasteiger partial charge in [-0.15, -0.1) is 0 Å². The molecule has 0 aliphatic rings. The Kier molecular flexibility index (Phi) is 4.25. The van der Waals surface area contributed by atoms with Gasteiger partial charge in [0.25, 0.3) is 0 Å². The van der Waals surface area contributed by atoms with Gasteiger partial charge < -0.3 is 5.32 Å². The van der Waals surface area contributed by atoms with Gasteiger partial charge in [-0.25, -0.2) is 4.98 Å². The van der Waals surface area contributed by atoms with E-state index >= 15 is 0 Å². The summed E-state index contributed by atoms with van der Waals surface area (Å²) in [5, 5.41) is 3.96. The van der Waals surface area contributed by atoms with Gasteiger partial charge in [0.1, 0.15) is 5.15 Å². The van der Waals surface area contributed by atoms with Crippen molar-refractivity contribution in [1.82, 2.24) is 4.98 Å². The molecule has 1 N–H and O–H groups in total. The molecule has 0 radical (unpaired) electrons. The second-order valence-electron chi connectivity index (χ2n) is 4.25. The van der Waals surface area contributed by atoms with Crippen LogP contribution in [0.2, 0.25) is 5.15 Å². The van der Waals surface area contributed by atoms with Crippen LogP contribution >= 0.6 is 27.5 Å². The fourth-order valence-corrected chi connectivity index (χ4v) is 2.09. The maximum Gasteiger partial charge on any atom is 0.132 e. The van der Waals surface area contributed by atoms with E-state index in [1.807, 2.05) is 25.1 Å². The Labute approximate surface area is 121 Å². The third-order valence-corrected chi connectivity index (χ3v) is 3.69. The van der Waals surface area contributed by atoms with Crippen LogP contribution in [0.5, 0.6) is 0 Å². The summed E-state index contributed by atoms with van der Waals surface area (Å²) in [7, 11) is 0. The molecule has 1 unspecified atom stereocenters. The number of hydrogen-bond donors (Lipinski definition) is 1. The largest absolute Gasteiger partial charge is 0.377 e. The van der Waals surface area contributed by atoms with Gasteiger partial charge in [-0.05, 0) is 43.2 Å². The summed E-state index contributed by atoms with van der Waals surface area (Å²) in [5.74, 6) is 0. The van der Waals surface area contributed by atoms with Crippen LogP contribution in [0.15, 0.2) is 41.0 Å². The molecule has 2 aromatic rings. The number of halogens is 2. The van der Waals surface area contributed by atoms with Crippen LogP contribution in [-0.4, -0.2) is 4.98 Å². The maximum atomic E-state index is 5.91. The second kappa shape index (κ2) is 5.72. The summed E-state index contributed by atoms with van der Waals surface area (Å²) in [4.78, 5) is 4.13. The molecular formula is C14H14BrClN2. The lowest BCUT2D eigenvalue weighted by molar-refractivity contribution is 0.882. The molecule has 18 heavy (non-hydrogen) atoms. The SMILES string of the molecule is Cc1cc(NC(C)c2ccc(Br)cc2)cnc1Cl. The molecule has 0 aliphatic heterocycles. The molecular weight excluding hydrogens is 312 g/mol. The highest BCUT2D eigenvalue weighted by atomic mass is 79.9. The fraction of sp³-hybridized carbons (Fsp3) is 0.214. The van der Waals surface area contributed by atoms with E-state index in [9.17, 15) is 0 Å². The minimum Gasteiger partial charge on any atom is -0.377 e. The molecule has 1 atom stereocenters. The number of hydrogen-bond acceptors (Lipinski definition) is 2. The predicted octanol–water partition coefficient (Wildman–Crippen LogP) is 4.98. The summed E-state index contributed by atoms with van der Waals surface area (Å²) in [5.41, 5.74) is 3.18. The van der Waals surface area contributed by atoms with Crippen LogP contribution in [0, 0.1) is 6.92 Å². The van der Waals surface area contributed by atoms with E-state index in [1.165, 1.54) is 5.56 Å². The number of pyridine rings is 1. The molecule has 2 rings (SSSR count). The Morgan fingerprint density at radius 2 is 1.94 bits per heavy atom. The first-order chi connectivity index (χ1) is 8.56. The number of aromatic nitrogens is 1. The Balaban J connectivity index is 2.13. The highest BCUT2D eigenvalue weighted by Crippen LogP contribution is 2.22. The van der Waals surface area contributed by atoms with Crippen molar-refractivity contribution in [3.8, 4) is 0 Å². The van der Waals surface area contributed by atoms with Crippen LogP contribution in [-0.2, 0) is 0 Å². The Morgan fingerprint density at radius 1 is 1.28 bits per heavy atom. The summed E-state index contributed by atoms with van der Waals surface area (Å²) in [6.07, 6.45) is 1.75. The van der Waals surface area contributed by atoms with Crippen molar-refractivity contribution in [2.45, 2.75) is 19.9 Å². The summed E-state index contributed by atoms with van der Waals surface area (Å²) in [6, 6.07) is 10.5. The van der Waals surface area contributed by atoms with Gasteiger partial charge in [0.2, 0.25) is 0 Å². The lowest BCUT2D eigenvalue weighted by atomic mass is 10.1. The first-order valence-corrected chi connectivity index (χ1v) is 6.87. The topological polar surface area (TPSA) is 24.9 Å². The molecule has 0 fully saturated rings. The van der Waals surface area contributed by atoms with Crippen LogP contribution < -0.4 is 5.32 Å². The first-order valence-electron chi connectivity index (χ1n) is 5.70. The van der Waals surface area contributed by atoms with Gasteiger partial charge in [0.15, 0.2) is 0 Å². The van der Waals surface area contributed by atoms with Crippen LogP contribution in [0.1, 0.15) is 24.1 Å². The molecule has 0 saturated heterocycles. The van der Waals surface area contributed by atoms with Gasteiger partial charge in [0.05, 0.1) is 11.9 Å². The van der Waals surface area contributed by atoms with Crippen molar-refractivity contribution in [2.24, 2.45) is 0 Å². The Morgan fingerprint density at radius 3 is 2.56 bits per heavy atom. The molecule has 0 spiro atoms. The Hall–Kier alpha value is -1.06. The first kappa shape index (κ1) is 13.4. The summed E-state index contributed by atoms with van der Waals surface area (Å²) >= 11 is 9.34. The molecule has 0 saturated carbocycles.